The second-order valence-electron chi connectivity index (χ2n) is 6.26. The molecule has 0 saturated carbocycles. The second-order valence-corrected chi connectivity index (χ2v) is 8.46. The molecule has 0 bridgehead atoms. The number of hydrogen-bond acceptors (Lipinski definition) is 4. The number of hydrogen-bond donors (Lipinski definition) is 3. The molecule has 0 radical (unpaired) electrons. The van der Waals surface area contributed by atoms with Gasteiger partial charge in [-0.3, -0.25) is 9.59 Å². The summed E-state index contributed by atoms with van der Waals surface area (Å²) in [5.74, 6) is -1.01. The van der Waals surface area contributed by atoms with Gasteiger partial charge in [0.2, 0.25) is 21.8 Å². The largest absolute Gasteiger partial charge is 0.348 e. The zero-order valence-electron chi connectivity index (χ0n) is 15.5. The lowest BCUT2D eigenvalue weighted by Gasteiger charge is -2.15. The predicted octanol–water partition coefficient (Wildman–Crippen LogP) is 1.92. The van der Waals surface area contributed by atoms with Gasteiger partial charge in [0.25, 0.3) is 0 Å². The molecule has 3 N–H and O–H groups in total. The van der Waals surface area contributed by atoms with E-state index in [0.717, 1.165) is 11.1 Å². The van der Waals surface area contributed by atoms with Crippen LogP contribution in [0.4, 0.5) is 0 Å². The first kappa shape index (κ1) is 21.9. The summed E-state index contributed by atoms with van der Waals surface area (Å²) in [7, 11) is -3.79. The number of aryl methyl sites for hydroxylation is 1. The van der Waals surface area contributed by atoms with Crippen LogP contribution in [0.1, 0.15) is 24.1 Å². The van der Waals surface area contributed by atoms with E-state index in [0.29, 0.717) is 5.02 Å². The van der Waals surface area contributed by atoms with Crippen molar-refractivity contribution in [1.82, 2.24) is 15.4 Å². The van der Waals surface area contributed by atoms with Gasteiger partial charge in [0.05, 0.1) is 24.0 Å². The van der Waals surface area contributed by atoms with Crippen molar-refractivity contribution in [3.8, 4) is 0 Å². The van der Waals surface area contributed by atoms with Crippen molar-refractivity contribution < 1.29 is 18.0 Å². The van der Waals surface area contributed by atoms with Crippen LogP contribution in [-0.4, -0.2) is 33.3 Å². The van der Waals surface area contributed by atoms with Gasteiger partial charge in [-0.05, 0) is 43.7 Å². The number of carbonyl (C=O) groups is 2. The zero-order chi connectivity index (χ0) is 20.7. The molecule has 0 aliphatic carbocycles. The first-order valence-electron chi connectivity index (χ1n) is 8.55. The summed E-state index contributed by atoms with van der Waals surface area (Å²) in [4.78, 5) is 23.9. The molecular formula is C19H22ClN3O4S. The van der Waals surface area contributed by atoms with Crippen molar-refractivity contribution >= 4 is 33.4 Å². The highest BCUT2D eigenvalue weighted by atomic mass is 35.5. The maximum absolute atomic E-state index is 12.1. The van der Waals surface area contributed by atoms with E-state index >= 15 is 0 Å². The first-order valence-corrected chi connectivity index (χ1v) is 10.4. The van der Waals surface area contributed by atoms with E-state index in [4.69, 9.17) is 11.6 Å². The number of benzene rings is 2. The molecule has 0 fully saturated rings. The molecule has 9 heteroatoms. The Balaban J connectivity index is 1.78. The molecule has 2 rings (SSSR count). The third-order valence-electron chi connectivity index (χ3n) is 3.93. The minimum Gasteiger partial charge on any atom is -0.348 e. The van der Waals surface area contributed by atoms with Gasteiger partial charge in [0, 0.05) is 5.02 Å². The number of sulfonamides is 1. The van der Waals surface area contributed by atoms with Crippen molar-refractivity contribution in [3.63, 3.8) is 0 Å². The number of amides is 2. The van der Waals surface area contributed by atoms with Gasteiger partial charge in [0.1, 0.15) is 0 Å². The summed E-state index contributed by atoms with van der Waals surface area (Å²) >= 11 is 5.93. The minimum atomic E-state index is -3.79. The average molecular weight is 424 g/mol. The SMILES string of the molecule is Cc1ccc(S(=O)(=O)NCC(=O)NCC(=O)N[C@@H](C)c2cccc(Cl)c2)cc1. The average Bonchev–Trinajstić information content (AvgIpc) is 2.65. The Morgan fingerprint density at radius 2 is 1.71 bits per heavy atom. The van der Waals surface area contributed by atoms with Gasteiger partial charge >= 0.3 is 0 Å². The quantitative estimate of drug-likeness (QED) is 0.603. The lowest BCUT2D eigenvalue weighted by atomic mass is 10.1. The molecule has 0 saturated heterocycles. The van der Waals surface area contributed by atoms with E-state index in [1.165, 1.54) is 12.1 Å². The van der Waals surface area contributed by atoms with Gasteiger partial charge in [-0.15, -0.1) is 0 Å². The summed E-state index contributed by atoms with van der Waals surface area (Å²) < 4.78 is 26.5. The molecule has 0 unspecified atom stereocenters. The molecule has 150 valence electrons. The lowest BCUT2D eigenvalue weighted by molar-refractivity contribution is -0.125. The Morgan fingerprint density at radius 1 is 1.04 bits per heavy atom. The maximum Gasteiger partial charge on any atom is 0.241 e. The molecule has 2 aromatic carbocycles. The third kappa shape index (κ3) is 6.63. The highest BCUT2D eigenvalue weighted by Gasteiger charge is 2.16. The van der Waals surface area contributed by atoms with Crippen LogP contribution in [-0.2, 0) is 19.6 Å². The topological polar surface area (TPSA) is 104 Å². The van der Waals surface area contributed by atoms with Crippen molar-refractivity contribution in [1.29, 1.82) is 0 Å². The highest BCUT2D eigenvalue weighted by molar-refractivity contribution is 7.89. The van der Waals surface area contributed by atoms with Gasteiger partial charge in [-0.25, -0.2) is 13.1 Å². The van der Waals surface area contributed by atoms with Gasteiger partial charge in [-0.1, -0.05) is 41.4 Å². The van der Waals surface area contributed by atoms with Crippen LogP contribution in [0.3, 0.4) is 0 Å². The van der Waals surface area contributed by atoms with Gasteiger partial charge < -0.3 is 10.6 Å². The molecule has 0 aliphatic heterocycles. The lowest BCUT2D eigenvalue weighted by Crippen LogP contribution is -2.42. The van der Waals surface area contributed by atoms with Crippen molar-refractivity contribution in [2.24, 2.45) is 0 Å². The van der Waals surface area contributed by atoms with E-state index in [2.05, 4.69) is 15.4 Å². The Hall–Kier alpha value is -2.42. The fourth-order valence-corrected chi connectivity index (χ4v) is 3.54. The fraction of sp³-hybridized carbons (Fsp3) is 0.263. The summed E-state index contributed by atoms with van der Waals surface area (Å²) in [6, 6.07) is 13.0. The van der Waals surface area contributed by atoms with Gasteiger partial charge in [-0.2, -0.15) is 0 Å². The molecule has 0 spiro atoms. The molecule has 0 aliphatic rings. The van der Waals surface area contributed by atoms with Crippen LogP contribution < -0.4 is 15.4 Å². The van der Waals surface area contributed by atoms with Gasteiger partial charge in [0.15, 0.2) is 0 Å². The van der Waals surface area contributed by atoms with E-state index < -0.39 is 28.4 Å². The van der Waals surface area contributed by atoms with Crippen molar-refractivity contribution in [2.75, 3.05) is 13.1 Å². The van der Waals surface area contributed by atoms with Crippen LogP contribution >= 0.6 is 11.6 Å². The molecular weight excluding hydrogens is 402 g/mol. The second kappa shape index (κ2) is 9.68. The highest BCUT2D eigenvalue weighted by Crippen LogP contribution is 2.17. The molecule has 0 heterocycles. The van der Waals surface area contributed by atoms with Crippen LogP contribution in [0.2, 0.25) is 5.02 Å². The van der Waals surface area contributed by atoms with Crippen molar-refractivity contribution in [2.45, 2.75) is 24.8 Å². The Bertz CT molecular complexity index is 946. The first-order chi connectivity index (χ1) is 13.2. The summed E-state index contributed by atoms with van der Waals surface area (Å²) in [6.45, 7) is 2.90. The van der Waals surface area contributed by atoms with E-state index in [-0.39, 0.29) is 17.5 Å². The number of carbonyl (C=O) groups excluding carboxylic acids is 2. The van der Waals surface area contributed by atoms with E-state index in [1.54, 1.807) is 37.3 Å². The Kier molecular flexibility index (Phi) is 7.56. The van der Waals surface area contributed by atoms with Crippen LogP contribution in [0.15, 0.2) is 53.4 Å². The number of rotatable bonds is 8. The molecule has 28 heavy (non-hydrogen) atoms. The van der Waals surface area contributed by atoms with Crippen molar-refractivity contribution in [3.05, 3.63) is 64.7 Å². The molecule has 0 aromatic heterocycles. The van der Waals surface area contributed by atoms with Crippen LogP contribution in [0, 0.1) is 6.92 Å². The van der Waals surface area contributed by atoms with Crippen LogP contribution in [0.5, 0.6) is 0 Å². The zero-order valence-corrected chi connectivity index (χ0v) is 17.1. The molecule has 1 atom stereocenters. The Labute approximate surface area is 169 Å². The fourth-order valence-electron chi connectivity index (χ4n) is 2.35. The van der Waals surface area contributed by atoms with E-state index in [1.807, 2.05) is 13.0 Å². The molecule has 2 aromatic rings. The molecule has 7 nitrogen and oxygen atoms in total. The molecule has 2 amide bonds. The summed E-state index contributed by atoms with van der Waals surface area (Å²) in [5, 5.41) is 5.67. The number of nitrogens with one attached hydrogen (secondary N) is 3. The standard InChI is InChI=1S/C19H22ClN3O4S/c1-13-6-8-17(9-7-13)28(26,27)22-12-18(24)21-11-19(25)23-14(2)15-4-3-5-16(20)10-15/h3-10,14,22H,11-12H2,1-2H3,(H,21,24)(H,23,25)/t14-/m0/s1. The maximum atomic E-state index is 12.1. The van der Waals surface area contributed by atoms with Crippen LogP contribution in [0.25, 0.3) is 0 Å². The summed E-state index contributed by atoms with van der Waals surface area (Å²) in [5.41, 5.74) is 1.76. The third-order valence-corrected chi connectivity index (χ3v) is 5.58. The monoisotopic (exact) mass is 423 g/mol. The number of halogens is 1. The van der Waals surface area contributed by atoms with E-state index in [9.17, 15) is 18.0 Å². The minimum absolute atomic E-state index is 0.0685. The predicted molar refractivity (Wildman–Crippen MR) is 107 cm³/mol. The normalized spacial score (nSPS) is 12.2. The summed E-state index contributed by atoms with van der Waals surface area (Å²) in [6.07, 6.45) is 0. The smallest absolute Gasteiger partial charge is 0.241 e. The Morgan fingerprint density at radius 3 is 2.36 bits per heavy atom.